The highest BCUT2D eigenvalue weighted by atomic mass is 32.1. The maximum Gasteiger partial charge on any atom is 0.281 e. The number of hydrogen-bond acceptors (Lipinski definition) is 5. The number of hydrogen-bond donors (Lipinski definition) is 1. The van der Waals surface area contributed by atoms with Crippen LogP contribution in [-0.2, 0) is 4.79 Å². The first-order valence-electron chi connectivity index (χ1n) is 9.54. The maximum absolute atomic E-state index is 13.2. The smallest absolute Gasteiger partial charge is 0.281 e. The third kappa shape index (κ3) is 3.84. The molecular weight excluding hydrogens is 398 g/mol. The monoisotopic (exact) mass is 419 g/mol. The molecule has 0 aliphatic rings. The number of aromatic nitrogens is 2. The van der Waals surface area contributed by atoms with Gasteiger partial charge < -0.3 is 4.74 Å². The van der Waals surface area contributed by atoms with Gasteiger partial charge in [-0.3, -0.25) is 15.0 Å². The van der Waals surface area contributed by atoms with E-state index in [9.17, 15) is 9.59 Å². The van der Waals surface area contributed by atoms with Crippen LogP contribution in [0.25, 0.3) is 21.3 Å². The summed E-state index contributed by atoms with van der Waals surface area (Å²) in [5.41, 5.74) is 5.18. The molecule has 4 rings (SSSR count). The van der Waals surface area contributed by atoms with E-state index in [4.69, 9.17) is 4.74 Å². The normalized spacial score (nSPS) is 12.0. The topological polar surface area (TPSA) is 73.2 Å². The van der Waals surface area contributed by atoms with Crippen LogP contribution in [0.2, 0.25) is 0 Å². The van der Waals surface area contributed by atoms with Gasteiger partial charge in [-0.1, -0.05) is 48.0 Å². The summed E-state index contributed by atoms with van der Waals surface area (Å²) in [6.07, 6.45) is -0.786. The van der Waals surface area contributed by atoms with Crippen molar-refractivity contribution in [3.63, 3.8) is 0 Å². The minimum Gasteiger partial charge on any atom is -0.481 e. The second-order valence-corrected chi connectivity index (χ2v) is 7.90. The van der Waals surface area contributed by atoms with E-state index < -0.39 is 12.0 Å². The summed E-state index contributed by atoms with van der Waals surface area (Å²) in [6.45, 7) is 5.31. The maximum atomic E-state index is 13.2. The quantitative estimate of drug-likeness (QED) is 0.524. The first kappa shape index (κ1) is 19.8. The highest BCUT2D eigenvalue weighted by Crippen LogP contribution is 2.30. The molecule has 2 aromatic carbocycles. The van der Waals surface area contributed by atoms with Gasteiger partial charge in [0.15, 0.2) is 6.10 Å². The van der Waals surface area contributed by atoms with Crippen LogP contribution in [0.1, 0.15) is 18.3 Å². The molecule has 1 unspecified atom stereocenters. The highest BCUT2D eigenvalue weighted by molar-refractivity contribution is 7.17. The van der Waals surface area contributed by atoms with E-state index in [1.54, 1.807) is 13.8 Å². The van der Waals surface area contributed by atoms with Crippen molar-refractivity contribution in [1.82, 2.24) is 9.66 Å². The fourth-order valence-corrected chi connectivity index (χ4v) is 4.11. The Morgan fingerprint density at radius 2 is 1.80 bits per heavy atom. The average molecular weight is 420 g/mol. The lowest BCUT2D eigenvalue weighted by Gasteiger charge is -2.17. The van der Waals surface area contributed by atoms with Crippen molar-refractivity contribution >= 4 is 27.5 Å². The molecule has 4 aromatic rings. The van der Waals surface area contributed by atoms with Crippen LogP contribution >= 0.6 is 11.3 Å². The van der Waals surface area contributed by atoms with E-state index in [0.29, 0.717) is 21.8 Å². The minimum atomic E-state index is -0.786. The van der Waals surface area contributed by atoms with E-state index in [-0.39, 0.29) is 5.56 Å². The number of carbonyl (C=O) groups is 1. The zero-order valence-corrected chi connectivity index (χ0v) is 17.7. The summed E-state index contributed by atoms with van der Waals surface area (Å²) in [7, 11) is 0. The molecular formula is C23H21N3O3S. The summed E-state index contributed by atoms with van der Waals surface area (Å²) in [5, 5.41) is 2.41. The number of thiophene rings is 1. The van der Waals surface area contributed by atoms with E-state index in [1.807, 2.05) is 66.9 Å². The second-order valence-electron chi connectivity index (χ2n) is 7.04. The van der Waals surface area contributed by atoms with E-state index in [0.717, 1.165) is 16.7 Å². The zero-order valence-electron chi connectivity index (χ0n) is 16.9. The van der Waals surface area contributed by atoms with Gasteiger partial charge in [0.05, 0.1) is 5.39 Å². The molecule has 30 heavy (non-hydrogen) atoms. The minimum absolute atomic E-state index is 0.312. The van der Waals surface area contributed by atoms with Crippen molar-refractivity contribution in [2.75, 3.05) is 5.43 Å². The van der Waals surface area contributed by atoms with Gasteiger partial charge in [-0.05, 0) is 38.5 Å². The molecule has 152 valence electrons. The molecule has 1 atom stereocenters. The summed E-state index contributed by atoms with van der Waals surface area (Å²) in [5.74, 6) is 0.563. The number of aryl methyl sites for hydroxylation is 2. The van der Waals surface area contributed by atoms with Gasteiger partial charge in [0.25, 0.3) is 11.5 Å². The summed E-state index contributed by atoms with van der Waals surface area (Å²) >= 11 is 1.41. The number of rotatable bonds is 5. The van der Waals surface area contributed by atoms with Gasteiger partial charge in [-0.15, -0.1) is 11.3 Å². The number of benzene rings is 2. The number of nitrogens with zero attached hydrogens (tertiary/aromatic N) is 2. The van der Waals surface area contributed by atoms with E-state index >= 15 is 0 Å². The van der Waals surface area contributed by atoms with Crippen molar-refractivity contribution in [1.29, 1.82) is 0 Å². The van der Waals surface area contributed by atoms with Crippen LogP contribution in [0, 0.1) is 13.8 Å². The SMILES string of the molecule is Cc1ccc(OC(C)C(=O)Nn2c(C)nc3scc(-c4ccccc4)c3c2=O)cc1. The predicted octanol–water partition coefficient (Wildman–Crippen LogP) is 4.28. The Hall–Kier alpha value is -3.45. The zero-order chi connectivity index (χ0) is 21.3. The molecule has 0 radical (unpaired) electrons. The lowest BCUT2D eigenvalue weighted by Crippen LogP contribution is -2.41. The Labute approximate surface area is 177 Å². The number of carbonyl (C=O) groups excluding carboxylic acids is 1. The fraction of sp³-hybridized carbons (Fsp3) is 0.174. The Bertz CT molecular complexity index is 1260. The summed E-state index contributed by atoms with van der Waals surface area (Å²) < 4.78 is 6.90. The molecule has 7 heteroatoms. The largest absolute Gasteiger partial charge is 0.481 e. The molecule has 0 fully saturated rings. The molecule has 0 aliphatic heterocycles. The first-order chi connectivity index (χ1) is 14.4. The van der Waals surface area contributed by atoms with Crippen LogP contribution in [0.15, 0.2) is 64.8 Å². The fourth-order valence-electron chi connectivity index (χ4n) is 3.13. The second kappa shape index (κ2) is 8.12. The van der Waals surface area contributed by atoms with Gasteiger partial charge in [0, 0.05) is 10.9 Å². The molecule has 0 spiro atoms. The first-order valence-corrected chi connectivity index (χ1v) is 10.4. The van der Waals surface area contributed by atoms with Gasteiger partial charge in [0.2, 0.25) is 0 Å². The molecule has 0 bridgehead atoms. The lowest BCUT2D eigenvalue weighted by molar-refractivity contribution is -0.123. The van der Waals surface area contributed by atoms with E-state index in [1.165, 1.54) is 16.0 Å². The third-order valence-corrected chi connectivity index (χ3v) is 5.66. The summed E-state index contributed by atoms with van der Waals surface area (Å²) in [4.78, 5) is 31.1. The van der Waals surface area contributed by atoms with Crippen molar-refractivity contribution < 1.29 is 9.53 Å². The van der Waals surface area contributed by atoms with Crippen LogP contribution in [-0.4, -0.2) is 21.7 Å². The van der Waals surface area contributed by atoms with Gasteiger partial charge in [0.1, 0.15) is 16.4 Å². The Morgan fingerprint density at radius 1 is 1.10 bits per heavy atom. The lowest BCUT2D eigenvalue weighted by atomic mass is 10.1. The number of nitrogens with one attached hydrogen (secondary N) is 1. The molecule has 2 heterocycles. The van der Waals surface area contributed by atoms with E-state index in [2.05, 4.69) is 10.4 Å². The van der Waals surface area contributed by atoms with Crippen molar-refractivity contribution in [3.8, 4) is 16.9 Å². The number of amides is 1. The Balaban J connectivity index is 1.64. The van der Waals surface area contributed by atoms with Crippen molar-refractivity contribution in [3.05, 3.63) is 81.7 Å². The standard InChI is InChI=1S/C23H21N3O3S/c1-14-9-11-18(12-10-14)29-15(2)21(27)25-26-16(3)24-22-20(23(26)28)19(13-30-22)17-7-5-4-6-8-17/h4-13,15H,1-3H3,(H,25,27). The van der Waals surface area contributed by atoms with Crippen LogP contribution in [0.4, 0.5) is 0 Å². The molecule has 1 amide bonds. The molecule has 0 saturated carbocycles. The Morgan fingerprint density at radius 3 is 2.50 bits per heavy atom. The average Bonchev–Trinajstić information content (AvgIpc) is 3.17. The van der Waals surface area contributed by atoms with Gasteiger partial charge in [-0.25, -0.2) is 9.66 Å². The molecule has 0 saturated heterocycles. The van der Waals surface area contributed by atoms with Gasteiger partial charge >= 0.3 is 0 Å². The molecule has 2 aromatic heterocycles. The third-order valence-electron chi connectivity index (χ3n) is 4.79. The molecule has 6 nitrogen and oxygen atoms in total. The van der Waals surface area contributed by atoms with Crippen LogP contribution < -0.4 is 15.7 Å². The van der Waals surface area contributed by atoms with Crippen molar-refractivity contribution in [2.24, 2.45) is 0 Å². The summed E-state index contributed by atoms with van der Waals surface area (Å²) in [6, 6.07) is 17.1. The van der Waals surface area contributed by atoms with Crippen LogP contribution in [0.3, 0.4) is 0 Å². The number of ether oxygens (including phenoxy) is 1. The van der Waals surface area contributed by atoms with Crippen LogP contribution in [0.5, 0.6) is 5.75 Å². The Kier molecular flexibility index (Phi) is 5.37. The predicted molar refractivity (Wildman–Crippen MR) is 120 cm³/mol. The van der Waals surface area contributed by atoms with Gasteiger partial charge in [-0.2, -0.15) is 0 Å². The molecule has 1 N–H and O–H groups in total. The van der Waals surface area contributed by atoms with Crippen molar-refractivity contribution in [2.45, 2.75) is 26.9 Å². The number of fused-ring (bicyclic) bond motifs is 1. The highest BCUT2D eigenvalue weighted by Gasteiger charge is 2.20. The molecule has 0 aliphatic carbocycles.